The number of nitrogens with two attached hydrogens (primary N) is 1. The van der Waals surface area contributed by atoms with Gasteiger partial charge in [-0.25, -0.2) is 4.39 Å². The fourth-order valence-corrected chi connectivity index (χ4v) is 2.18. The lowest BCUT2D eigenvalue weighted by Crippen LogP contribution is -2.30. The highest BCUT2D eigenvalue weighted by Gasteiger charge is 2.18. The Morgan fingerprint density at radius 2 is 2.33 bits per heavy atom. The number of benzene rings is 1. The Labute approximate surface area is 111 Å². The molecule has 1 atom stereocenters. The van der Waals surface area contributed by atoms with Crippen LogP contribution in [0.4, 0.5) is 4.39 Å². The normalized spacial score (nSPS) is 12.7. The summed E-state index contributed by atoms with van der Waals surface area (Å²) in [5, 5.41) is 11.7. The van der Waals surface area contributed by atoms with E-state index >= 15 is 0 Å². The molecule has 1 unspecified atom stereocenters. The monoisotopic (exact) mass is 314 g/mol. The molecule has 2 rings (SSSR count). The van der Waals surface area contributed by atoms with Crippen LogP contribution in [0.3, 0.4) is 0 Å². The molecule has 0 aliphatic heterocycles. The van der Waals surface area contributed by atoms with E-state index in [1.165, 1.54) is 10.9 Å². The van der Waals surface area contributed by atoms with Crippen molar-refractivity contribution in [3.8, 4) is 0 Å². The number of aromatic nitrogens is 4. The second-order valence-corrected chi connectivity index (χ2v) is 4.55. The number of halogens is 2. The van der Waals surface area contributed by atoms with Crippen LogP contribution in [-0.2, 0) is 13.5 Å². The van der Waals surface area contributed by atoms with Crippen LogP contribution in [0.1, 0.15) is 17.4 Å². The van der Waals surface area contributed by atoms with Crippen molar-refractivity contribution in [2.24, 2.45) is 12.9 Å². The summed E-state index contributed by atoms with van der Waals surface area (Å²) in [7, 11) is 1.68. The standard InChI is InChI=1S/C10H12BrFN6/c1-18-16-9(15-17-18)5-8(14-13)6-3-2-4-7(12)10(6)11/h2-4,8,14H,5,13H2,1H3. The Hall–Kier alpha value is -1.38. The fraction of sp³-hybridized carbons (Fsp3) is 0.300. The second kappa shape index (κ2) is 5.51. The molecule has 96 valence electrons. The van der Waals surface area contributed by atoms with Gasteiger partial charge in [0.2, 0.25) is 0 Å². The Balaban J connectivity index is 2.25. The van der Waals surface area contributed by atoms with Gasteiger partial charge in [0.25, 0.3) is 0 Å². The van der Waals surface area contributed by atoms with E-state index in [1.54, 1.807) is 19.2 Å². The lowest BCUT2D eigenvalue weighted by molar-refractivity contribution is 0.527. The first-order valence-electron chi connectivity index (χ1n) is 5.24. The summed E-state index contributed by atoms with van der Waals surface area (Å²) in [6.45, 7) is 0. The number of nitrogens with zero attached hydrogens (tertiary/aromatic N) is 4. The van der Waals surface area contributed by atoms with Crippen LogP contribution >= 0.6 is 15.9 Å². The van der Waals surface area contributed by atoms with Gasteiger partial charge in [-0.2, -0.15) is 4.80 Å². The molecule has 1 aromatic heterocycles. The predicted molar refractivity (Wildman–Crippen MR) is 66.7 cm³/mol. The molecule has 1 heterocycles. The lowest BCUT2D eigenvalue weighted by atomic mass is 10.0. The molecule has 0 bridgehead atoms. The molecule has 6 nitrogen and oxygen atoms in total. The van der Waals surface area contributed by atoms with Crippen molar-refractivity contribution >= 4 is 15.9 Å². The summed E-state index contributed by atoms with van der Waals surface area (Å²) in [6, 6.07) is 4.50. The van der Waals surface area contributed by atoms with E-state index in [9.17, 15) is 4.39 Å². The molecule has 3 N–H and O–H groups in total. The summed E-state index contributed by atoms with van der Waals surface area (Å²) in [6.07, 6.45) is 0.423. The van der Waals surface area contributed by atoms with Crippen LogP contribution in [0.2, 0.25) is 0 Å². The number of hydrogen-bond acceptors (Lipinski definition) is 5. The molecule has 1 aromatic carbocycles. The maximum Gasteiger partial charge on any atom is 0.176 e. The van der Waals surface area contributed by atoms with Crippen molar-refractivity contribution in [1.82, 2.24) is 25.6 Å². The molecular weight excluding hydrogens is 303 g/mol. The molecular formula is C10H12BrFN6. The Morgan fingerprint density at radius 3 is 2.94 bits per heavy atom. The van der Waals surface area contributed by atoms with E-state index < -0.39 is 0 Å². The molecule has 0 saturated carbocycles. The topological polar surface area (TPSA) is 81.7 Å². The van der Waals surface area contributed by atoms with Gasteiger partial charge in [-0.3, -0.25) is 11.3 Å². The fourth-order valence-electron chi connectivity index (χ4n) is 1.64. The van der Waals surface area contributed by atoms with Gasteiger partial charge in [-0.1, -0.05) is 12.1 Å². The first-order chi connectivity index (χ1) is 8.61. The lowest BCUT2D eigenvalue weighted by Gasteiger charge is -2.16. The highest BCUT2D eigenvalue weighted by atomic mass is 79.9. The van der Waals surface area contributed by atoms with Gasteiger partial charge < -0.3 is 0 Å². The zero-order valence-electron chi connectivity index (χ0n) is 9.64. The smallest absolute Gasteiger partial charge is 0.176 e. The number of tetrazole rings is 1. The third kappa shape index (κ3) is 2.71. The maximum absolute atomic E-state index is 13.5. The van der Waals surface area contributed by atoms with Gasteiger partial charge in [0.1, 0.15) is 5.82 Å². The minimum atomic E-state index is -0.333. The molecule has 8 heteroatoms. The van der Waals surface area contributed by atoms with Crippen LogP contribution in [-0.4, -0.2) is 20.2 Å². The van der Waals surface area contributed by atoms with Crippen molar-refractivity contribution < 1.29 is 4.39 Å². The van der Waals surface area contributed by atoms with Gasteiger partial charge >= 0.3 is 0 Å². The van der Waals surface area contributed by atoms with Gasteiger partial charge in [0.05, 0.1) is 17.6 Å². The van der Waals surface area contributed by atoms with Gasteiger partial charge in [-0.05, 0) is 32.8 Å². The third-order valence-electron chi connectivity index (χ3n) is 2.49. The second-order valence-electron chi connectivity index (χ2n) is 3.76. The summed E-state index contributed by atoms with van der Waals surface area (Å²) in [5.41, 5.74) is 3.34. The average molecular weight is 315 g/mol. The third-order valence-corrected chi connectivity index (χ3v) is 3.33. The molecule has 0 amide bonds. The quantitative estimate of drug-likeness (QED) is 0.646. The van der Waals surface area contributed by atoms with E-state index in [0.717, 1.165) is 0 Å². The van der Waals surface area contributed by atoms with E-state index in [4.69, 9.17) is 5.84 Å². The van der Waals surface area contributed by atoms with Crippen LogP contribution in [0.15, 0.2) is 22.7 Å². The van der Waals surface area contributed by atoms with Gasteiger partial charge in [-0.15, -0.1) is 10.2 Å². The number of hydrogen-bond donors (Lipinski definition) is 2. The van der Waals surface area contributed by atoms with E-state index in [-0.39, 0.29) is 11.9 Å². The summed E-state index contributed by atoms with van der Waals surface area (Å²) in [5.74, 6) is 5.71. The average Bonchev–Trinajstić information content (AvgIpc) is 2.76. The predicted octanol–water partition coefficient (Wildman–Crippen LogP) is 0.859. The van der Waals surface area contributed by atoms with Crippen LogP contribution < -0.4 is 11.3 Å². The highest BCUT2D eigenvalue weighted by Crippen LogP contribution is 2.27. The zero-order chi connectivity index (χ0) is 13.1. The van der Waals surface area contributed by atoms with E-state index in [1.807, 2.05) is 0 Å². The molecule has 0 fully saturated rings. The molecule has 2 aromatic rings. The molecule has 0 saturated heterocycles. The summed E-state index contributed by atoms with van der Waals surface area (Å²) in [4.78, 5) is 1.36. The molecule has 18 heavy (non-hydrogen) atoms. The molecule has 0 aliphatic rings. The molecule has 0 spiro atoms. The highest BCUT2D eigenvalue weighted by molar-refractivity contribution is 9.10. The Morgan fingerprint density at radius 1 is 1.56 bits per heavy atom. The van der Waals surface area contributed by atoms with Crippen LogP contribution in [0, 0.1) is 5.82 Å². The molecule has 0 radical (unpaired) electrons. The van der Waals surface area contributed by atoms with Crippen molar-refractivity contribution in [2.75, 3.05) is 0 Å². The van der Waals surface area contributed by atoms with Crippen molar-refractivity contribution in [3.63, 3.8) is 0 Å². The Bertz CT molecular complexity index is 543. The number of aryl methyl sites for hydroxylation is 1. The summed E-state index contributed by atoms with van der Waals surface area (Å²) < 4.78 is 13.8. The van der Waals surface area contributed by atoms with Crippen LogP contribution in [0.5, 0.6) is 0 Å². The van der Waals surface area contributed by atoms with Crippen molar-refractivity contribution in [2.45, 2.75) is 12.5 Å². The SMILES string of the molecule is Cn1nnc(CC(NN)c2cccc(F)c2Br)n1. The number of rotatable bonds is 4. The van der Waals surface area contributed by atoms with Crippen molar-refractivity contribution in [1.29, 1.82) is 0 Å². The Kier molecular flexibility index (Phi) is 4.00. The van der Waals surface area contributed by atoms with Crippen molar-refractivity contribution in [3.05, 3.63) is 39.9 Å². The maximum atomic E-state index is 13.5. The van der Waals surface area contributed by atoms with Gasteiger partial charge in [0.15, 0.2) is 5.82 Å². The van der Waals surface area contributed by atoms with E-state index in [2.05, 4.69) is 36.8 Å². The van der Waals surface area contributed by atoms with Crippen LogP contribution in [0.25, 0.3) is 0 Å². The minimum Gasteiger partial charge on any atom is -0.271 e. The number of hydrazine groups is 1. The largest absolute Gasteiger partial charge is 0.271 e. The molecule has 0 aliphatic carbocycles. The zero-order valence-corrected chi connectivity index (χ0v) is 11.2. The van der Waals surface area contributed by atoms with E-state index in [0.29, 0.717) is 22.3 Å². The minimum absolute atomic E-state index is 0.292. The first kappa shape index (κ1) is 13.1. The number of nitrogens with one attached hydrogen (secondary N) is 1. The summed E-state index contributed by atoms with van der Waals surface area (Å²) >= 11 is 3.21. The van der Waals surface area contributed by atoms with Gasteiger partial charge in [0, 0.05) is 6.42 Å². The first-order valence-corrected chi connectivity index (χ1v) is 6.04.